The molecule has 47 heavy (non-hydrogen) atoms. The first-order valence-electron chi connectivity index (χ1n) is 15.4. The van der Waals surface area contributed by atoms with Gasteiger partial charge in [0.1, 0.15) is 12.7 Å². The van der Waals surface area contributed by atoms with Crippen molar-refractivity contribution in [2.24, 2.45) is 0 Å². The first kappa shape index (κ1) is 31.7. The minimum Gasteiger partial charge on any atom is -0.459 e. The topological polar surface area (TPSA) is 123 Å². The van der Waals surface area contributed by atoms with E-state index in [2.05, 4.69) is 4.90 Å². The molecule has 3 aromatic carbocycles. The lowest BCUT2D eigenvalue weighted by atomic mass is 10.1. The normalized spacial score (nSPS) is 22.4. The zero-order valence-corrected chi connectivity index (χ0v) is 25.7. The average Bonchev–Trinajstić information content (AvgIpc) is 3.67. The van der Waals surface area contributed by atoms with E-state index in [0.717, 1.165) is 24.1 Å². The first-order chi connectivity index (χ1) is 22.9. The van der Waals surface area contributed by atoms with E-state index in [-0.39, 0.29) is 23.8 Å². The smallest absolute Gasteiger partial charge is 0.338 e. The van der Waals surface area contributed by atoms with Gasteiger partial charge in [-0.1, -0.05) is 60.7 Å². The molecular weight excluding hydrogens is 604 g/mol. The lowest BCUT2D eigenvalue weighted by Gasteiger charge is -2.25. The van der Waals surface area contributed by atoms with Crippen LogP contribution in [0.15, 0.2) is 114 Å². The number of pyridine rings is 1. The summed E-state index contributed by atoms with van der Waals surface area (Å²) in [4.78, 5) is 61.3. The summed E-state index contributed by atoms with van der Waals surface area (Å²) >= 11 is 0. The molecule has 3 heterocycles. The van der Waals surface area contributed by atoms with Crippen LogP contribution in [0, 0.1) is 0 Å². The van der Waals surface area contributed by atoms with Gasteiger partial charge in [-0.05, 0) is 68.9 Å². The number of hydrogen-bond acceptors (Lipinski definition) is 10. The SMILES string of the molecule is CN1CCC[C@H]1c1cccn(O[C@@H]2O[C@H](COC(=O)c3ccccc3)[C@@H](OC(=O)c3ccccc3)[C@H]2OC(=O)c2ccccc2)c1=O. The van der Waals surface area contributed by atoms with Crippen LogP contribution in [0.4, 0.5) is 0 Å². The molecule has 4 aromatic rings. The summed E-state index contributed by atoms with van der Waals surface area (Å²) in [6.45, 7) is 0.489. The summed E-state index contributed by atoms with van der Waals surface area (Å²) in [7, 11) is 1.96. The molecule has 0 aliphatic carbocycles. The first-order valence-corrected chi connectivity index (χ1v) is 15.4. The van der Waals surface area contributed by atoms with E-state index < -0.39 is 48.1 Å². The number of ether oxygens (including phenoxy) is 4. The summed E-state index contributed by atoms with van der Waals surface area (Å²) in [6, 6.07) is 28.3. The van der Waals surface area contributed by atoms with Gasteiger partial charge in [-0.3, -0.25) is 9.69 Å². The molecule has 2 aliphatic rings. The maximum Gasteiger partial charge on any atom is 0.338 e. The van der Waals surface area contributed by atoms with Gasteiger partial charge in [0.25, 0.3) is 11.8 Å². The Bertz CT molecular complexity index is 1750. The van der Waals surface area contributed by atoms with E-state index in [0.29, 0.717) is 11.1 Å². The molecule has 0 N–H and O–H groups in total. The number of rotatable bonds is 10. The zero-order valence-electron chi connectivity index (χ0n) is 25.7. The number of esters is 3. The molecular formula is C36H34N2O9. The van der Waals surface area contributed by atoms with Crippen LogP contribution < -0.4 is 10.4 Å². The van der Waals surface area contributed by atoms with Gasteiger partial charge < -0.3 is 23.8 Å². The Kier molecular flexibility index (Phi) is 9.75. The largest absolute Gasteiger partial charge is 0.459 e. The lowest BCUT2D eigenvalue weighted by Crippen LogP contribution is -2.46. The number of carbonyl (C=O) groups is 3. The van der Waals surface area contributed by atoms with Crippen molar-refractivity contribution in [1.29, 1.82) is 0 Å². The Hall–Kier alpha value is -5.26. The molecule has 5 atom stereocenters. The maximum atomic E-state index is 13.6. The van der Waals surface area contributed by atoms with E-state index in [1.807, 2.05) is 7.05 Å². The second-order valence-electron chi connectivity index (χ2n) is 11.3. The molecule has 0 unspecified atom stereocenters. The Morgan fingerprint density at radius 3 is 1.85 bits per heavy atom. The molecule has 0 radical (unpaired) electrons. The number of likely N-dealkylation sites (tertiary alicyclic amines) is 1. The number of aromatic nitrogens is 1. The van der Waals surface area contributed by atoms with Crippen LogP contribution in [-0.4, -0.2) is 72.3 Å². The van der Waals surface area contributed by atoms with Crippen molar-refractivity contribution in [3.05, 3.63) is 142 Å². The second kappa shape index (κ2) is 14.4. The fourth-order valence-electron chi connectivity index (χ4n) is 5.77. The van der Waals surface area contributed by atoms with Gasteiger partial charge in [-0.15, -0.1) is 4.73 Å². The quantitative estimate of drug-likeness (QED) is 0.186. The van der Waals surface area contributed by atoms with Crippen LogP contribution in [0.1, 0.15) is 55.5 Å². The average molecular weight is 639 g/mol. The number of nitrogens with zero attached hydrogens (tertiary/aromatic N) is 2. The van der Waals surface area contributed by atoms with Crippen molar-refractivity contribution in [3.63, 3.8) is 0 Å². The second-order valence-corrected chi connectivity index (χ2v) is 11.3. The highest BCUT2D eigenvalue weighted by atomic mass is 16.8. The molecule has 2 fully saturated rings. The van der Waals surface area contributed by atoms with E-state index in [9.17, 15) is 19.2 Å². The molecule has 242 valence electrons. The predicted octanol–water partition coefficient (Wildman–Crippen LogP) is 4.08. The summed E-state index contributed by atoms with van der Waals surface area (Å²) in [5.41, 5.74) is 0.934. The summed E-state index contributed by atoms with van der Waals surface area (Å²) in [5.74, 6) is -2.08. The standard InChI is InChI=1S/C36H34N2O9/c1-37-21-12-20-28(37)27-19-11-22-38(32(27)39)47-36-31(46-35(42)26-17-9-4-10-18-26)30(45-34(41)25-15-7-3-8-16-25)29(44-36)23-43-33(40)24-13-5-2-6-14-24/h2-11,13-19,22,28-31,36H,12,20-21,23H2,1H3/t28-,29+,30+,31+,36-/m0/s1. The van der Waals surface area contributed by atoms with E-state index in [4.69, 9.17) is 23.8 Å². The molecule has 2 aliphatic heterocycles. The van der Waals surface area contributed by atoms with Crippen LogP contribution in [-0.2, 0) is 18.9 Å². The van der Waals surface area contributed by atoms with Crippen molar-refractivity contribution >= 4 is 17.9 Å². The number of carbonyl (C=O) groups excluding carboxylic acids is 3. The van der Waals surface area contributed by atoms with Crippen molar-refractivity contribution in [2.75, 3.05) is 20.2 Å². The van der Waals surface area contributed by atoms with Gasteiger partial charge in [-0.25, -0.2) is 14.4 Å². The van der Waals surface area contributed by atoms with E-state index in [1.54, 1.807) is 103 Å². The molecule has 0 saturated carbocycles. The Morgan fingerprint density at radius 2 is 1.30 bits per heavy atom. The molecule has 11 heteroatoms. The third-order valence-corrected chi connectivity index (χ3v) is 8.20. The van der Waals surface area contributed by atoms with Gasteiger partial charge in [0.15, 0.2) is 6.10 Å². The highest BCUT2D eigenvalue weighted by Crippen LogP contribution is 2.30. The van der Waals surface area contributed by atoms with Gasteiger partial charge in [-0.2, -0.15) is 0 Å². The van der Waals surface area contributed by atoms with Crippen LogP contribution in [0.3, 0.4) is 0 Å². The molecule has 0 amide bonds. The Labute approximate surface area is 271 Å². The molecule has 1 aromatic heterocycles. The number of benzene rings is 3. The highest BCUT2D eigenvalue weighted by molar-refractivity contribution is 5.91. The Morgan fingerprint density at radius 1 is 0.745 bits per heavy atom. The maximum absolute atomic E-state index is 13.6. The lowest BCUT2D eigenvalue weighted by molar-refractivity contribution is -0.174. The highest BCUT2D eigenvalue weighted by Gasteiger charge is 2.52. The van der Waals surface area contributed by atoms with E-state index >= 15 is 0 Å². The van der Waals surface area contributed by atoms with Crippen LogP contribution in [0.5, 0.6) is 0 Å². The van der Waals surface area contributed by atoms with Gasteiger partial charge in [0.05, 0.1) is 16.7 Å². The fourth-order valence-corrected chi connectivity index (χ4v) is 5.77. The minimum absolute atomic E-state index is 0.0838. The molecule has 0 bridgehead atoms. The third kappa shape index (κ3) is 7.26. The fraction of sp³-hybridized carbons (Fsp3) is 0.278. The van der Waals surface area contributed by atoms with Crippen LogP contribution in [0.25, 0.3) is 0 Å². The summed E-state index contributed by atoms with van der Waals surface area (Å²) < 4.78 is 24.6. The van der Waals surface area contributed by atoms with E-state index in [1.165, 1.54) is 6.20 Å². The van der Waals surface area contributed by atoms with Crippen molar-refractivity contribution in [3.8, 4) is 0 Å². The monoisotopic (exact) mass is 638 g/mol. The summed E-state index contributed by atoms with van der Waals surface area (Å²) in [6.07, 6.45) is -1.99. The van der Waals surface area contributed by atoms with Crippen molar-refractivity contribution < 1.29 is 38.2 Å². The molecule has 11 nitrogen and oxygen atoms in total. The van der Waals surface area contributed by atoms with Crippen molar-refractivity contribution in [1.82, 2.24) is 9.63 Å². The van der Waals surface area contributed by atoms with Gasteiger partial charge in [0, 0.05) is 17.8 Å². The Balaban J connectivity index is 1.32. The van der Waals surface area contributed by atoms with Crippen molar-refractivity contribution in [2.45, 2.75) is 43.5 Å². The molecule has 0 spiro atoms. The zero-order chi connectivity index (χ0) is 32.8. The number of hydrogen-bond donors (Lipinski definition) is 0. The molecule has 2 saturated heterocycles. The third-order valence-electron chi connectivity index (χ3n) is 8.20. The van der Waals surface area contributed by atoms with Gasteiger partial charge >= 0.3 is 17.9 Å². The summed E-state index contributed by atoms with van der Waals surface area (Å²) in [5, 5.41) is 0. The predicted molar refractivity (Wildman–Crippen MR) is 169 cm³/mol. The van der Waals surface area contributed by atoms with Gasteiger partial charge in [0.2, 0.25) is 6.10 Å². The molecule has 6 rings (SSSR count). The van der Waals surface area contributed by atoms with Crippen LogP contribution in [0.2, 0.25) is 0 Å². The minimum atomic E-state index is -1.43. The van der Waals surface area contributed by atoms with Crippen LogP contribution >= 0.6 is 0 Å².